The average molecular weight is 168 g/mol. The number of carbonyl (C=O) groups is 1. The number of carbonyl (C=O) groups excluding carboxylic acids is 1. The van der Waals surface area contributed by atoms with Crippen LogP contribution in [0.3, 0.4) is 0 Å². The second kappa shape index (κ2) is 3.99. The van der Waals surface area contributed by atoms with Crippen molar-refractivity contribution >= 4 is 5.78 Å². The van der Waals surface area contributed by atoms with Gasteiger partial charge >= 0.3 is 0 Å². The lowest BCUT2D eigenvalue weighted by Gasteiger charge is -1.84. The van der Waals surface area contributed by atoms with Crippen LogP contribution in [-0.2, 0) is 17.6 Å². The van der Waals surface area contributed by atoms with E-state index in [0.717, 1.165) is 12.8 Å². The molecule has 0 unspecified atom stereocenters. The van der Waals surface area contributed by atoms with Crippen LogP contribution in [-0.4, -0.2) is 15.9 Å². The van der Waals surface area contributed by atoms with Gasteiger partial charge in [-0.25, -0.2) is 0 Å². The van der Waals surface area contributed by atoms with Crippen molar-refractivity contribution < 1.29 is 9.32 Å². The standard InChI is InChI=1S/C8H12N2O2/c1-3-4-8-9-7(10-12-8)5-6(2)11/h3-5H2,1-2H3. The molecule has 0 atom stereocenters. The first-order valence-electron chi connectivity index (χ1n) is 4.03. The van der Waals surface area contributed by atoms with Crippen LogP contribution in [0.5, 0.6) is 0 Å². The summed E-state index contributed by atoms with van der Waals surface area (Å²) in [5, 5.41) is 3.67. The molecule has 0 saturated heterocycles. The molecule has 0 aliphatic rings. The van der Waals surface area contributed by atoms with Crippen LogP contribution in [0.1, 0.15) is 32.0 Å². The molecule has 1 rings (SSSR count). The van der Waals surface area contributed by atoms with Crippen LogP contribution in [0.25, 0.3) is 0 Å². The summed E-state index contributed by atoms with van der Waals surface area (Å²) < 4.78 is 4.89. The molecule has 0 N–H and O–H groups in total. The van der Waals surface area contributed by atoms with Gasteiger partial charge in [-0.15, -0.1) is 0 Å². The Bertz CT molecular complexity index is 268. The number of rotatable bonds is 4. The molecule has 0 aliphatic heterocycles. The van der Waals surface area contributed by atoms with E-state index < -0.39 is 0 Å². The molecule has 0 bridgehead atoms. The number of aromatic nitrogens is 2. The van der Waals surface area contributed by atoms with E-state index in [4.69, 9.17) is 4.52 Å². The Hall–Kier alpha value is -1.19. The highest BCUT2D eigenvalue weighted by atomic mass is 16.5. The van der Waals surface area contributed by atoms with Gasteiger partial charge in [-0.05, 0) is 13.3 Å². The van der Waals surface area contributed by atoms with Gasteiger partial charge in [0.25, 0.3) is 0 Å². The maximum atomic E-state index is 10.7. The van der Waals surface area contributed by atoms with Gasteiger partial charge in [-0.2, -0.15) is 4.98 Å². The predicted molar refractivity (Wildman–Crippen MR) is 42.7 cm³/mol. The van der Waals surface area contributed by atoms with Gasteiger partial charge in [0.05, 0.1) is 6.42 Å². The average Bonchev–Trinajstić information content (AvgIpc) is 2.36. The molecular weight excluding hydrogens is 156 g/mol. The molecule has 1 heterocycles. The highest BCUT2D eigenvalue weighted by molar-refractivity contribution is 5.77. The van der Waals surface area contributed by atoms with Crippen molar-refractivity contribution in [1.82, 2.24) is 10.1 Å². The highest BCUT2D eigenvalue weighted by Gasteiger charge is 2.06. The zero-order valence-electron chi connectivity index (χ0n) is 7.33. The lowest BCUT2D eigenvalue weighted by molar-refractivity contribution is -0.116. The van der Waals surface area contributed by atoms with Crippen molar-refractivity contribution in [2.75, 3.05) is 0 Å². The minimum absolute atomic E-state index is 0.0545. The third kappa shape index (κ3) is 2.45. The lowest BCUT2D eigenvalue weighted by Crippen LogP contribution is -1.98. The Balaban J connectivity index is 2.58. The SMILES string of the molecule is CCCc1nc(CC(C)=O)no1. The fourth-order valence-electron chi connectivity index (χ4n) is 0.900. The molecule has 12 heavy (non-hydrogen) atoms. The fourth-order valence-corrected chi connectivity index (χ4v) is 0.900. The summed E-state index contributed by atoms with van der Waals surface area (Å²) in [5.41, 5.74) is 0. The summed E-state index contributed by atoms with van der Waals surface area (Å²) in [7, 11) is 0. The maximum Gasteiger partial charge on any atom is 0.226 e. The molecule has 0 spiro atoms. The van der Waals surface area contributed by atoms with Crippen molar-refractivity contribution in [1.29, 1.82) is 0 Å². The molecule has 0 aromatic carbocycles. The summed E-state index contributed by atoms with van der Waals surface area (Å²) in [6.45, 7) is 3.55. The topological polar surface area (TPSA) is 56.0 Å². The van der Waals surface area contributed by atoms with Crippen LogP contribution in [0.2, 0.25) is 0 Å². The number of hydrogen-bond acceptors (Lipinski definition) is 4. The number of nitrogens with zero attached hydrogens (tertiary/aromatic N) is 2. The largest absolute Gasteiger partial charge is 0.339 e. The van der Waals surface area contributed by atoms with E-state index in [1.165, 1.54) is 6.92 Å². The van der Waals surface area contributed by atoms with Crippen LogP contribution in [0, 0.1) is 0 Å². The minimum Gasteiger partial charge on any atom is -0.339 e. The second-order valence-corrected chi connectivity index (χ2v) is 2.73. The summed E-state index contributed by atoms with van der Waals surface area (Å²) >= 11 is 0. The van der Waals surface area contributed by atoms with E-state index in [0.29, 0.717) is 11.7 Å². The summed E-state index contributed by atoms with van der Waals surface area (Å²) in [4.78, 5) is 14.7. The number of aryl methyl sites for hydroxylation is 1. The molecule has 1 aromatic rings. The van der Waals surface area contributed by atoms with E-state index in [9.17, 15) is 4.79 Å². The van der Waals surface area contributed by atoms with Gasteiger partial charge in [0.1, 0.15) is 5.78 Å². The Labute approximate surface area is 71.0 Å². The van der Waals surface area contributed by atoms with E-state index in [2.05, 4.69) is 10.1 Å². The Morgan fingerprint density at radius 2 is 2.33 bits per heavy atom. The summed E-state index contributed by atoms with van der Waals surface area (Å²) in [6, 6.07) is 0. The molecule has 66 valence electrons. The molecule has 0 saturated carbocycles. The first kappa shape index (κ1) is 8.90. The van der Waals surface area contributed by atoms with Gasteiger partial charge in [-0.3, -0.25) is 4.79 Å². The summed E-state index contributed by atoms with van der Waals surface area (Å²) in [6.07, 6.45) is 2.03. The van der Waals surface area contributed by atoms with Gasteiger partial charge in [0.15, 0.2) is 5.82 Å². The van der Waals surface area contributed by atoms with Crippen molar-refractivity contribution in [3.05, 3.63) is 11.7 Å². The Morgan fingerprint density at radius 3 is 2.92 bits per heavy atom. The monoisotopic (exact) mass is 168 g/mol. The molecule has 0 amide bonds. The molecule has 4 nitrogen and oxygen atoms in total. The second-order valence-electron chi connectivity index (χ2n) is 2.73. The number of Topliss-reactive ketones (excluding diaryl/α,β-unsaturated/α-hetero) is 1. The van der Waals surface area contributed by atoms with E-state index in [1.54, 1.807) is 0 Å². The van der Waals surface area contributed by atoms with Gasteiger partial charge < -0.3 is 4.52 Å². The van der Waals surface area contributed by atoms with E-state index in [-0.39, 0.29) is 12.2 Å². The van der Waals surface area contributed by atoms with E-state index >= 15 is 0 Å². The zero-order valence-corrected chi connectivity index (χ0v) is 7.33. The lowest BCUT2D eigenvalue weighted by atomic mass is 10.3. The Kier molecular flexibility index (Phi) is 2.96. The fraction of sp³-hybridized carbons (Fsp3) is 0.625. The zero-order chi connectivity index (χ0) is 8.97. The smallest absolute Gasteiger partial charge is 0.226 e. The number of hydrogen-bond donors (Lipinski definition) is 0. The molecule has 0 fully saturated rings. The first-order valence-corrected chi connectivity index (χ1v) is 4.03. The normalized spacial score (nSPS) is 10.2. The van der Waals surface area contributed by atoms with Crippen LogP contribution < -0.4 is 0 Å². The maximum absolute atomic E-state index is 10.7. The molecule has 0 radical (unpaired) electrons. The first-order chi connectivity index (χ1) is 5.72. The summed E-state index contributed by atoms with van der Waals surface area (Å²) in [5.74, 6) is 1.17. The molecule has 1 aromatic heterocycles. The van der Waals surface area contributed by atoms with E-state index in [1.807, 2.05) is 6.92 Å². The minimum atomic E-state index is 0.0545. The van der Waals surface area contributed by atoms with Crippen LogP contribution in [0.4, 0.5) is 0 Å². The van der Waals surface area contributed by atoms with Crippen molar-refractivity contribution in [2.45, 2.75) is 33.1 Å². The van der Waals surface area contributed by atoms with Crippen molar-refractivity contribution in [3.8, 4) is 0 Å². The quantitative estimate of drug-likeness (QED) is 0.676. The highest BCUT2D eigenvalue weighted by Crippen LogP contribution is 2.01. The Morgan fingerprint density at radius 1 is 1.58 bits per heavy atom. The molecule has 0 aliphatic carbocycles. The predicted octanol–water partition coefficient (Wildman–Crippen LogP) is 1.15. The van der Waals surface area contributed by atoms with Crippen LogP contribution >= 0.6 is 0 Å². The van der Waals surface area contributed by atoms with Gasteiger partial charge in [0, 0.05) is 6.42 Å². The number of ketones is 1. The molecule has 4 heteroatoms. The third-order valence-electron chi connectivity index (χ3n) is 1.38. The van der Waals surface area contributed by atoms with Crippen molar-refractivity contribution in [3.63, 3.8) is 0 Å². The van der Waals surface area contributed by atoms with Crippen molar-refractivity contribution in [2.24, 2.45) is 0 Å². The third-order valence-corrected chi connectivity index (χ3v) is 1.38. The molecular formula is C8H12N2O2. The van der Waals surface area contributed by atoms with Gasteiger partial charge in [-0.1, -0.05) is 12.1 Å². The van der Waals surface area contributed by atoms with Gasteiger partial charge in [0.2, 0.25) is 5.89 Å². The van der Waals surface area contributed by atoms with Crippen LogP contribution in [0.15, 0.2) is 4.52 Å².